The highest BCUT2D eigenvalue weighted by Gasteiger charge is 2.17. The van der Waals surface area contributed by atoms with Crippen LogP contribution in [0.2, 0.25) is 0 Å². The summed E-state index contributed by atoms with van der Waals surface area (Å²) in [6.07, 6.45) is 6.80. The molecule has 0 aliphatic heterocycles. The van der Waals surface area contributed by atoms with Crippen LogP contribution in [-0.4, -0.2) is 16.6 Å². The van der Waals surface area contributed by atoms with Gasteiger partial charge in [0.2, 0.25) is 0 Å². The van der Waals surface area contributed by atoms with Gasteiger partial charge in [0.25, 0.3) is 0 Å². The lowest BCUT2D eigenvalue weighted by molar-refractivity contribution is 0.654. The molecule has 0 bridgehead atoms. The number of hydrogen-bond acceptors (Lipinski definition) is 2. The molecule has 1 aromatic carbocycles. The molecule has 1 N–H and O–H groups in total. The van der Waals surface area contributed by atoms with Crippen molar-refractivity contribution in [3.8, 4) is 5.69 Å². The summed E-state index contributed by atoms with van der Waals surface area (Å²) >= 11 is 3.55. The van der Waals surface area contributed by atoms with Crippen molar-refractivity contribution in [2.45, 2.75) is 32.2 Å². The van der Waals surface area contributed by atoms with E-state index in [1.807, 2.05) is 13.4 Å². The van der Waals surface area contributed by atoms with Crippen molar-refractivity contribution < 1.29 is 0 Å². The molecule has 0 fully saturated rings. The zero-order chi connectivity index (χ0) is 13.2. The Kier molecular flexibility index (Phi) is 3.71. The molecule has 3 rings (SSSR count). The van der Waals surface area contributed by atoms with Gasteiger partial charge in [-0.1, -0.05) is 15.9 Å². The van der Waals surface area contributed by atoms with E-state index in [1.54, 1.807) is 0 Å². The summed E-state index contributed by atoms with van der Waals surface area (Å²) in [5, 5.41) is 3.24. The van der Waals surface area contributed by atoms with Crippen LogP contribution in [0, 0.1) is 0 Å². The number of hydrogen-bond donors (Lipinski definition) is 1. The largest absolute Gasteiger partial charge is 0.316 e. The van der Waals surface area contributed by atoms with Crippen molar-refractivity contribution in [3.63, 3.8) is 0 Å². The number of aryl methyl sites for hydroxylation is 1. The third kappa shape index (κ3) is 2.47. The SMILES string of the molecule is CNCc1cc(Br)ccc1-n1cnc2c1CCCC2. The second-order valence-electron chi connectivity index (χ2n) is 5.02. The summed E-state index contributed by atoms with van der Waals surface area (Å²) < 4.78 is 3.39. The summed E-state index contributed by atoms with van der Waals surface area (Å²) in [7, 11) is 1.98. The smallest absolute Gasteiger partial charge is 0.0997 e. The number of fused-ring (bicyclic) bond motifs is 1. The molecule has 1 aliphatic rings. The molecular weight excluding hydrogens is 302 g/mol. The Labute approximate surface area is 122 Å². The molecule has 1 heterocycles. The Morgan fingerprint density at radius 3 is 3.00 bits per heavy atom. The van der Waals surface area contributed by atoms with E-state index in [4.69, 9.17) is 0 Å². The zero-order valence-electron chi connectivity index (χ0n) is 11.1. The third-order valence-electron chi connectivity index (χ3n) is 3.70. The van der Waals surface area contributed by atoms with Crippen LogP contribution in [0.5, 0.6) is 0 Å². The quantitative estimate of drug-likeness (QED) is 0.941. The van der Waals surface area contributed by atoms with Crippen LogP contribution in [0.1, 0.15) is 29.8 Å². The number of nitrogens with one attached hydrogen (secondary N) is 1. The van der Waals surface area contributed by atoms with Gasteiger partial charge in [-0.25, -0.2) is 4.98 Å². The Balaban J connectivity index is 2.08. The van der Waals surface area contributed by atoms with Crippen LogP contribution in [0.3, 0.4) is 0 Å². The van der Waals surface area contributed by atoms with E-state index in [1.165, 1.54) is 35.5 Å². The molecule has 100 valence electrons. The van der Waals surface area contributed by atoms with Gasteiger partial charge in [-0.2, -0.15) is 0 Å². The minimum absolute atomic E-state index is 0.863. The van der Waals surface area contributed by atoms with E-state index in [9.17, 15) is 0 Å². The first-order valence-electron chi connectivity index (χ1n) is 6.78. The molecule has 0 amide bonds. The van der Waals surface area contributed by atoms with E-state index < -0.39 is 0 Å². The van der Waals surface area contributed by atoms with Crippen LogP contribution in [0.15, 0.2) is 29.0 Å². The minimum atomic E-state index is 0.863. The predicted molar refractivity (Wildman–Crippen MR) is 80.7 cm³/mol. The fraction of sp³-hybridized carbons (Fsp3) is 0.400. The van der Waals surface area contributed by atoms with E-state index >= 15 is 0 Å². The Morgan fingerprint density at radius 2 is 2.16 bits per heavy atom. The van der Waals surface area contributed by atoms with Crippen LogP contribution in [-0.2, 0) is 19.4 Å². The average Bonchev–Trinajstić information content (AvgIpc) is 2.83. The van der Waals surface area contributed by atoms with Gasteiger partial charge in [0.1, 0.15) is 0 Å². The maximum absolute atomic E-state index is 4.59. The van der Waals surface area contributed by atoms with Gasteiger partial charge in [0, 0.05) is 16.7 Å². The molecule has 2 aromatic rings. The van der Waals surface area contributed by atoms with Crippen molar-refractivity contribution in [2.24, 2.45) is 0 Å². The van der Waals surface area contributed by atoms with Crippen molar-refractivity contribution in [1.82, 2.24) is 14.9 Å². The number of halogens is 1. The van der Waals surface area contributed by atoms with Crippen LogP contribution >= 0.6 is 15.9 Å². The Bertz CT molecular complexity index is 589. The van der Waals surface area contributed by atoms with Gasteiger partial charge in [-0.05, 0) is 56.5 Å². The number of nitrogens with zero attached hydrogens (tertiary/aromatic N) is 2. The van der Waals surface area contributed by atoms with E-state index in [2.05, 4.69) is 49.0 Å². The lowest BCUT2D eigenvalue weighted by Gasteiger charge is -2.17. The molecule has 0 spiro atoms. The maximum Gasteiger partial charge on any atom is 0.0997 e. The summed E-state index contributed by atoms with van der Waals surface area (Å²) in [4.78, 5) is 4.59. The minimum Gasteiger partial charge on any atom is -0.316 e. The first-order valence-corrected chi connectivity index (χ1v) is 7.57. The molecule has 3 nitrogen and oxygen atoms in total. The molecular formula is C15H18BrN3. The highest BCUT2D eigenvalue weighted by molar-refractivity contribution is 9.10. The van der Waals surface area contributed by atoms with E-state index in [0.29, 0.717) is 0 Å². The average molecular weight is 320 g/mol. The second-order valence-corrected chi connectivity index (χ2v) is 5.93. The fourth-order valence-corrected chi connectivity index (χ4v) is 3.21. The topological polar surface area (TPSA) is 29.9 Å². The molecule has 1 aliphatic carbocycles. The highest BCUT2D eigenvalue weighted by atomic mass is 79.9. The third-order valence-corrected chi connectivity index (χ3v) is 4.19. The van der Waals surface area contributed by atoms with Crippen LogP contribution < -0.4 is 5.32 Å². The summed E-state index contributed by atoms with van der Waals surface area (Å²) in [6, 6.07) is 6.46. The van der Waals surface area contributed by atoms with Gasteiger partial charge in [0.15, 0.2) is 0 Å². The van der Waals surface area contributed by atoms with Gasteiger partial charge < -0.3 is 9.88 Å². The second kappa shape index (κ2) is 5.47. The standard InChI is InChI=1S/C15H18BrN3/c1-17-9-11-8-12(16)6-7-14(11)19-10-18-13-4-2-3-5-15(13)19/h6-8,10,17H,2-5,9H2,1H3. The summed E-state index contributed by atoms with van der Waals surface area (Å²) in [6.45, 7) is 0.863. The van der Waals surface area contributed by atoms with Crippen molar-refractivity contribution in [2.75, 3.05) is 7.05 Å². The number of aromatic nitrogens is 2. The molecule has 0 radical (unpaired) electrons. The molecule has 19 heavy (non-hydrogen) atoms. The number of benzene rings is 1. The molecule has 0 saturated carbocycles. The number of rotatable bonds is 3. The summed E-state index contributed by atoms with van der Waals surface area (Å²) in [5.74, 6) is 0. The Hall–Kier alpha value is -1.13. The fourth-order valence-electron chi connectivity index (χ4n) is 2.80. The highest BCUT2D eigenvalue weighted by Crippen LogP contribution is 2.26. The van der Waals surface area contributed by atoms with Gasteiger partial charge in [0.05, 0.1) is 17.7 Å². The van der Waals surface area contributed by atoms with Crippen LogP contribution in [0.25, 0.3) is 5.69 Å². The first-order chi connectivity index (χ1) is 9.29. The van der Waals surface area contributed by atoms with Crippen molar-refractivity contribution >= 4 is 15.9 Å². The Morgan fingerprint density at radius 1 is 1.32 bits per heavy atom. The van der Waals surface area contributed by atoms with Gasteiger partial charge >= 0.3 is 0 Å². The maximum atomic E-state index is 4.59. The van der Waals surface area contributed by atoms with Crippen molar-refractivity contribution in [3.05, 3.63) is 46.0 Å². The van der Waals surface area contributed by atoms with Crippen molar-refractivity contribution in [1.29, 1.82) is 0 Å². The monoisotopic (exact) mass is 319 g/mol. The number of imidazole rings is 1. The molecule has 0 unspecified atom stereocenters. The molecule has 4 heteroatoms. The predicted octanol–water partition coefficient (Wildman–Crippen LogP) is 3.23. The lowest BCUT2D eigenvalue weighted by atomic mass is 10.0. The van der Waals surface area contributed by atoms with E-state index in [0.717, 1.165) is 23.9 Å². The summed E-state index contributed by atoms with van der Waals surface area (Å²) in [5.41, 5.74) is 5.21. The zero-order valence-corrected chi connectivity index (χ0v) is 12.7. The normalized spacial score (nSPS) is 14.4. The molecule has 0 saturated heterocycles. The first kappa shape index (κ1) is 12.9. The van der Waals surface area contributed by atoms with E-state index in [-0.39, 0.29) is 0 Å². The lowest BCUT2D eigenvalue weighted by Crippen LogP contribution is -2.12. The molecule has 0 atom stereocenters. The van der Waals surface area contributed by atoms with Gasteiger partial charge in [-0.15, -0.1) is 0 Å². The van der Waals surface area contributed by atoms with Crippen LogP contribution in [0.4, 0.5) is 0 Å². The molecule has 1 aromatic heterocycles. The van der Waals surface area contributed by atoms with Gasteiger partial charge in [-0.3, -0.25) is 0 Å².